The lowest BCUT2D eigenvalue weighted by Crippen LogP contribution is -2.25. The van der Waals surface area contributed by atoms with E-state index in [0.29, 0.717) is 29.1 Å². The molecule has 0 saturated heterocycles. The molecule has 0 aliphatic heterocycles. The van der Waals surface area contributed by atoms with Gasteiger partial charge in [-0.15, -0.1) is 0 Å². The van der Waals surface area contributed by atoms with Crippen LogP contribution in [0.5, 0.6) is 17.2 Å². The molecule has 0 unspecified atom stereocenters. The lowest BCUT2D eigenvalue weighted by molar-refractivity contribution is 0.0600. The van der Waals surface area contributed by atoms with Gasteiger partial charge in [-0.05, 0) is 55.3 Å². The van der Waals surface area contributed by atoms with Crippen LogP contribution in [0.3, 0.4) is 0 Å². The monoisotopic (exact) mass is 394 g/mol. The summed E-state index contributed by atoms with van der Waals surface area (Å²) in [6.07, 6.45) is 0. The number of aryl methyl sites for hydroxylation is 2. The minimum absolute atomic E-state index is 0.167. The fourth-order valence-electron chi connectivity index (χ4n) is 2.85. The summed E-state index contributed by atoms with van der Waals surface area (Å²) >= 11 is 0. The number of carbonyl (C=O) groups excluding carboxylic acids is 1. The Hall–Kier alpha value is -3.61. The fourth-order valence-corrected chi connectivity index (χ4v) is 2.85. The van der Waals surface area contributed by atoms with Gasteiger partial charge < -0.3 is 14.2 Å². The van der Waals surface area contributed by atoms with E-state index >= 15 is 0 Å². The van der Waals surface area contributed by atoms with Crippen molar-refractivity contribution >= 4 is 5.97 Å². The Kier molecular flexibility index (Phi) is 5.97. The van der Waals surface area contributed by atoms with Gasteiger partial charge in [0.05, 0.1) is 32.0 Å². The fraction of sp³-hybridized carbons (Fsp3) is 0.227. The number of ether oxygens (including phenoxy) is 3. The predicted octanol–water partition coefficient (Wildman–Crippen LogP) is 3.50. The smallest absolute Gasteiger partial charge is 0.337 e. The summed E-state index contributed by atoms with van der Waals surface area (Å²) in [6, 6.07) is 13.9. The maximum absolute atomic E-state index is 12.9. The van der Waals surface area contributed by atoms with E-state index in [-0.39, 0.29) is 11.3 Å². The van der Waals surface area contributed by atoms with Crippen LogP contribution in [0.2, 0.25) is 0 Å². The normalized spacial score (nSPS) is 10.5. The molecule has 1 aromatic heterocycles. The Bertz CT molecular complexity index is 1090. The van der Waals surface area contributed by atoms with Crippen molar-refractivity contribution in [3.63, 3.8) is 0 Å². The zero-order chi connectivity index (χ0) is 21.0. The van der Waals surface area contributed by atoms with Gasteiger partial charge in [-0.25, -0.2) is 9.48 Å². The Balaban J connectivity index is 1.89. The highest BCUT2D eigenvalue weighted by atomic mass is 16.5. The standard InChI is InChI=1S/C22H22N2O5/c1-14-11-17(22(26)28-4)7-10-19(14)29-20-12-15(2)23-24(21(20)25)13-16-5-8-18(27-3)9-6-16/h5-12H,13H2,1-4H3. The summed E-state index contributed by atoms with van der Waals surface area (Å²) < 4.78 is 17.1. The van der Waals surface area contributed by atoms with Crippen molar-refractivity contribution in [3.8, 4) is 17.2 Å². The van der Waals surface area contributed by atoms with E-state index in [1.54, 1.807) is 45.2 Å². The first-order valence-corrected chi connectivity index (χ1v) is 8.99. The quantitative estimate of drug-likeness (QED) is 0.596. The van der Waals surface area contributed by atoms with Crippen LogP contribution >= 0.6 is 0 Å². The van der Waals surface area contributed by atoms with Gasteiger partial charge in [-0.2, -0.15) is 5.10 Å². The molecule has 150 valence electrons. The number of methoxy groups -OCH3 is 2. The maximum Gasteiger partial charge on any atom is 0.337 e. The predicted molar refractivity (Wildman–Crippen MR) is 108 cm³/mol. The molecule has 29 heavy (non-hydrogen) atoms. The molecule has 0 N–H and O–H groups in total. The van der Waals surface area contributed by atoms with Crippen LogP contribution in [0.15, 0.2) is 53.3 Å². The van der Waals surface area contributed by atoms with Crippen LogP contribution in [0.1, 0.15) is 27.2 Å². The third-order valence-corrected chi connectivity index (χ3v) is 4.37. The van der Waals surface area contributed by atoms with Crippen molar-refractivity contribution in [3.05, 3.63) is 81.3 Å². The largest absolute Gasteiger partial charge is 0.497 e. The Morgan fingerprint density at radius 1 is 1.00 bits per heavy atom. The number of hydrogen-bond donors (Lipinski definition) is 0. The molecule has 0 fully saturated rings. The minimum Gasteiger partial charge on any atom is -0.497 e. The van der Waals surface area contributed by atoms with E-state index in [9.17, 15) is 9.59 Å². The number of rotatable bonds is 6. The summed E-state index contributed by atoms with van der Waals surface area (Å²) in [5, 5.41) is 4.32. The second-order valence-electron chi connectivity index (χ2n) is 6.53. The van der Waals surface area contributed by atoms with Crippen molar-refractivity contribution in [2.45, 2.75) is 20.4 Å². The molecular formula is C22H22N2O5. The van der Waals surface area contributed by atoms with Gasteiger partial charge in [0.25, 0.3) is 0 Å². The topological polar surface area (TPSA) is 79.7 Å². The molecule has 3 aromatic rings. The van der Waals surface area contributed by atoms with Crippen LogP contribution in [0.25, 0.3) is 0 Å². The van der Waals surface area contributed by atoms with E-state index in [0.717, 1.165) is 11.3 Å². The average molecular weight is 394 g/mol. The highest BCUT2D eigenvalue weighted by Crippen LogP contribution is 2.24. The van der Waals surface area contributed by atoms with Gasteiger partial charge in [0.15, 0.2) is 5.75 Å². The summed E-state index contributed by atoms with van der Waals surface area (Å²) in [5.74, 6) is 0.964. The third kappa shape index (κ3) is 4.63. The SMILES string of the molecule is COC(=O)c1ccc(Oc2cc(C)nn(Cc3ccc(OC)cc3)c2=O)c(C)c1. The summed E-state index contributed by atoms with van der Waals surface area (Å²) in [7, 11) is 2.93. The highest BCUT2D eigenvalue weighted by molar-refractivity contribution is 5.89. The number of aromatic nitrogens is 2. The molecule has 0 amide bonds. The summed E-state index contributed by atoms with van der Waals surface area (Å²) in [6.45, 7) is 3.90. The zero-order valence-electron chi connectivity index (χ0n) is 16.8. The first kappa shape index (κ1) is 20.1. The summed E-state index contributed by atoms with van der Waals surface area (Å²) in [4.78, 5) is 24.5. The van der Waals surface area contributed by atoms with Gasteiger partial charge in [0.2, 0.25) is 0 Å². The minimum atomic E-state index is -0.429. The van der Waals surface area contributed by atoms with Gasteiger partial charge in [0, 0.05) is 6.07 Å². The molecule has 0 aliphatic carbocycles. The van der Waals surface area contributed by atoms with E-state index in [1.165, 1.54) is 11.8 Å². The van der Waals surface area contributed by atoms with E-state index < -0.39 is 5.97 Å². The molecule has 0 aliphatic rings. The molecule has 0 atom stereocenters. The molecular weight excluding hydrogens is 372 g/mol. The molecule has 7 nitrogen and oxygen atoms in total. The van der Waals surface area contributed by atoms with Gasteiger partial charge in [0.1, 0.15) is 11.5 Å². The molecule has 0 bridgehead atoms. The number of nitrogens with zero attached hydrogens (tertiary/aromatic N) is 2. The molecule has 7 heteroatoms. The van der Waals surface area contributed by atoms with Crippen molar-refractivity contribution < 1.29 is 19.0 Å². The number of carbonyl (C=O) groups is 1. The van der Waals surface area contributed by atoms with Crippen molar-refractivity contribution in [1.29, 1.82) is 0 Å². The maximum atomic E-state index is 12.9. The van der Waals surface area contributed by atoms with Crippen LogP contribution < -0.4 is 15.0 Å². The first-order valence-electron chi connectivity index (χ1n) is 8.99. The third-order valence-electron chi connectivity index (χ3n) is 4.37. The second kappa shape index (κ2) is 8.60. The van der Waals surface area contributed by atoms with E-state index in [4.69, 9.17) is 14.2 Å². The Morgan fingerprint density at radius 3 is 2.34 bits per heavy atom. The zero-order valence-corrected chi connectivity index (χ0v) is 16.8. The van der Waals surface area contributed by atoms with Crippen LogP contribution in [-0.4, -0.2) is 30.0 Å². The molecule has 2 aromatic carbocycles. The molecule has 0 spiro atoms. The summed E-state index contributed by atoms with van der Waals surface area (Å²) in [5.41, 5.74) is 2.35. The molecule has 3 rings (SSSR count). The molecule has 1 heterocycles. The molecule has 0 radical (unpaired) electrons. The Morgan fingerprint density at radius 2 is 1.72 bits per heavy atom. The van der Waals surface area contributed by atoms with Crippen molar-refractivity contribution in [2.24, 2.45) is 0 Å². The van der Waals surface area contributed by atoms with Crippen LogP contribution in [-0.2, 0) is 11.3 Å². The van der Waals surface area contributed by atoms with Crippen LogP contribution in [0.4, 0.5) is 0 Å². The Labute approximate surface area is 168 Å². The van der Waals surface area contributed by atoms with Crippen LogP contribution in [0, 0.1) is 13.8 Å². The number of esters is 1. The lowest BCUT2D eigenvalue weighted by atomic mass is 10.1. The molecule has 0 saturated carbocycles. The average Bonchev–Trinajstić information content (AvgIpc) is 2.72. The van der Waals surface area contributed by atoms with E-state index in [1.807, 2.05) is 24.3 Å². The van der Waals surface area contributed by atoms with Gasteiger partial charge >= 0.3 is 11.5 Å². The highest BCUT2D eigenvalue weighted by Gasteiger charge is 2.13. The van der Waals surface area contributed by atoms with Gasteiger partial charge in [-0.1, -0.05) is 12.1 Å². The van der Waals surface area contributed by atoms with E-state index in [2.05, 4.69) is 5.10 Å². The number of hydrogen-bond acceptors (Lipinski definition) is 6. The second-order valence-corrected chi connectivity index (χ2v) is 6.53. The first-order chi connectivity index (χ1) is 13.9. The lowest BCUT2D eigenvalue weighted by Gasteiger charge is -2.12. The van der Waals surface area contributed by atoms with Gasteiger partial charge in [-0.3, -0.25) is 4.79 Å². The van der Waals surface area contributed by atoms with Crippen molar-refractivity contribution in [2.75, 3.05) is 14.2 Å². The number of benzene rings is 2. The van der Waals surface area contributed by atoms with Crippen molar-refractivity contribution in [1.82, 2.24) is 9.78 Å².